The Labute approximate surface area is 145 Å². The van der Waals surface area contributed by atoms with Gasteiger partial charge in [0.15, 0.2) is 0 Å². The smallest absolute Gasteiger partial charge is 0.303 e. The van der Waals surface area contributed by atoms with Crippen molar-refractivity contribution in [1.82, 2.24) is 0 Å². The molecule has 0 unspecified atom stereocenters. The van der Waals surface area contributed by atoms with Crippen LogP contribution in [-0.2, 0) is 30.1 Å². The van der Waals surface area contributed by atoms with E-state index < -0.39 is 22.0 Å². The third-order valence-corrected chi connectivity index (χ3v) is 6.82. The molecule has 1 aromatic carbocycles. The van der Waals surface area contributed by atoms with Crippen molar-refractivity contribution >= 4 is 16.8 Å². The summed E-state index contributed by atoms with van der Waals surface area (Å²) in [6, 6.07) is 9.41. The summed E-state index contributed by atoms with van der Waals surface area (Å²) in [5.74, 6) is 0.309. The van der Waals surface area contributed by atoms with Gasteiger partial charge in [0.1, 0.15) is 17.3 Å². The van der Waals surface area contributed by atoms with Crippen LogP contribution in [0.5, 0.6) is 0 Å². The molecule has 2 fully saturated rings. The lowest BCUT2D eigenvalue weighted by molar-refractivity contribution is -0.441. The van der Waals surface area contributed by atoms with Crippen LogP contribution in [0.2, 0.25) is 0 Å². The Morgan fingerprint density at radius 3 is 2.71 bits per heavy atom. The quantitative estimate of drug-likeness (QED) is 0.616. The van der Waals surface area contributed by atoms with Crippen molar-refractivity contribution in [1.29, 1.82) is 0 Å². The molecule has 24 heavy (non-hydrogen) atoms. The topological polar surface area (TPSA) is 61.8 Å². The predicted octanol–water partition coefficient (Wildman–Crippen LogP) is 3.01. The van der Waals surface area contributed by atoms with Crippen LogP contribution in [0.25, 0.3) is 0 Å². The van der Waals surface area contributed by atoms with Crippen LogP contribution in [0.1, 0.15) is 40.0 Å². The molecule has 6 heteroatoms. The standard InChI is InChI=1S/C18H24O5S/c1-13(19)21-17(2)10-9-14-11-16(17)22-23-18(14,3)12-24(20)15-7-5-4-6-8-15/h4-8,14,16H,9-12H2,1-3H3/t14-,16-,17-,18-,24+/m1/s1. The Morgan fingerprint density at radius 2 is 2.04 bits per heavy atom. The number of benzene rings is 1. The highest BCUT2D eigenvalue weighted by atomic mass is 32.2. The predicted molar refractivity (Wildman–Crippen MR) is 89.6 cm³/mol. The van der Waals surface area contributed by atoms with Gasteiger partial charge in [-0.25, -0.2) is 9.78 Å². The van der Waals surface area contributed by atoms with Crippen LogP contribution in [0.3, 0.4) is 0 Å². The van der Waals surface area contributed by atoms with E-state index in [-0.39, 0.29) is 18.0 Å². The average Bonchev–Trinajstić information content (AvgIpc) is 2.53. The minimum atomic E-state index is -1.15. The molecule has 1 aliphatic carbocycles. The number of carbonyl (C=O) groups is 1. The fourth-order valence-corrected chi connectivity index (χ4v) is 5.11. The number of hydrogen-bond acceptors (Lipinski definition) is 5. The summed E-state index contributed by atoms with van der Waals surface area (Å²) in [4.78, 5) is 23.5. The fraction of sp³-hybridized carbons (Fsp3) is 0.611. The van der Waals surface area contributed by atoms with Crippen LogP contribution in [0.15, 0.2) is 35.2 Å². The van der Waals surface area contributed by atoms with Crippen LogP contribution in [0, 0.1) is 5.92 Å². The normalized spacial score (nSPS) is 36.8. The summed E-state index contributed by atoms with van der Waals surface area (Å²) in [7, 11) is -1.15. The van der Waals surface area contributed by atoms with Crippen LogP contribution < -0.4 is 0 Å². The molecule has 2 aliphatic rings. The maximum atomic E-state index is 12.7. The molecule has 0 radical (unpaired) electrons. The molecular weight excluding hydrogens is 328 g/mol. The highest BCUT2D eigenvalue weighted by Crippen LogP contribution is 2.47. The summed E-state index contributed by atoms with van der Waals surface area (Å²) < 4.78 is 18.1. The summed E-state index contributed by atoms with van der Waals surface area (Å²) in [6.45, 7) is 5.26. The van der Waals surface area contributed by atoms with Gasteiger partial charge in [-0.15, -0.1) is 0 Å². The minimum absolute atomic E-state index is 0.229. The lowest BCUT2D eigenvalue weighted by Crippen LogP contribution is -2.59. The zero-order chi connectivity index (χ0) is 17.4. The lowest BCUT2D eigenvalue weighted by Gasteiger charge is -2.51. The Bertz CT molecular complexity index is 634. The fourth-order valence-electron chi connectivity index (χ4n) is 3.68. The maximum Gasteiger partial charge on any atom is 0.303 e. The molecule has 1 saturated carbocycles. The van der Waals surface area contributed by atoms with Gasteiger partial charge in [-0.1, -0.05) is 18.2 Å². The van der Waals surface area contributed by atoms with Gasteiger partial charge >= 0.3 is 5.97 Å². The van der Waals surface area contributed by atoms with Crippen molar-refractivity contribution in [3.05, 3.63) is 30.3 Å². The minimum Gasteiger partial charge on any atom is -0.457 e. The first kappa shape index (κ1) is 17.6. The average molecular weight is 352 g/mol. The van der Waals surface area contributed by atoms with E-state index in [0.717, 1.165) is 24.2 Å². The molecule has 132 valence electrons. The van der Waals surface area contributed by atoms with Gasteiger partial charge in [-0.3, -0.25) is 9.00 Å². The lowest BCUT2D eigenvalue weighted by atomic mass is 9.71. The molecule has 1 aromatic rings. The second-order valence-electron chi connectivity index (χ2n) is 7.16. The number of hydrogen-bond donors (Lipinski definition) is 0. The Balaban J connectivity index is 1.70. The molecule has 5 nitrogen and oxygen atoms in total. The van der Waals surface area contributed by atoms with Gasteiger partial charge in [-0.05, 0) is 51.2 Å². The third kappa shape index (κ3) is 3.41. The molecule has 1 aliphatic heterocycles. The van der Waals surface area contributed by atoms with E-state index in [0.29, 0.717) is 5.75 Å². The molecule has 2 bridgehead atoms. The molecular formula is C18H24O5S. The summed E-state index contributed by atoms with van der Waals surface area (Å²) >= 11 is 0. The number of rotatable bonds is 4. The zero-order valence-corrected chi connectivity index (χ0v) is 15.1. The van der Waals surface area contributed by atoms with Crippen LogP contribution >= 0.6 is 0 Å². The zero-order valence-electron chi connectivity index (χ0n) is 14.3. The maximum absolute atomic E-state index is 12.7. The number of esters is 1. The van der Waals surface area contributed by atoms with E-state index in [1.54, 1.807) is 0 Å². The SMILES string of the molecule is CC(=O)O[C@]1(C)CC[C@@H]2C[C@H]1OO[C@]2(C)C[S@](=O)c1ccccc1. The van der Waals surface area contributed by atoms with Crippen LogP contribution in [0.4, 0.5) is 0 Å². The number of ether oxygens (including phenoxy) is 1. The van der Waals surface area contributed by atoms with E-state index in [9.17, 15) is 9.00 Å². The monoisotopic (exact) mass is 352 g/mol. The van der Waals surface area contributed by atoms with Crippen LogP contribution in [-0.4, -0.2) is 33.2 Å². The molecule has 3 rings (SSSR count). The Hall–Kier alpha value is -1.24. The first-order valence-corrected chi connectivity index (χ1v) is 9.62. The Kier molecular flexibility index (Phi) is 4.82. The molecule has 0 aromatic heterocycles. The highest BCUT2D eigenvalue weighted by Gasteiger charge is 2.54. The first-order valence-electron chi connectivity index (χ1n) is 8.30. The number of fused-ring (bicyclic) bond motifs is 2. The number of carbonyl (C=O) groups excluding carboxylic acids is 1. The van der Waals surface area contributed by atoms with Gasteiger partial charge in [0.2, 0.25) is 0 Å². The summed E-state index contributed by atoms with van der Waals surface area (Å²) in [5, 5.41) is 0. The van der Waals surface area contributed by atoms with Gasteiger partial charge < -0.3 is 4.74 Å². The first-order chi connectivity index (χ1) is 11.3. The third-order valence-electron chi connectivity index (χ3n) is 5.19. The molecule has 0 N–H and O–H groups in total. The molecule has 1 heterocycles. The van der Waals surface area contributed by atoms with E-state index in [4.69, 9.17) is 14.5 Å². The van der Waals surface area contributed by atoms with E-state index in [1.165, 1.54) is 6.92 Å². The van der Waals surface area contributed by atoms with Crippen molar-refractivity contribution in [3.63, 3.8) is 0 Å². The molecule has 1 saturated heterocycles. The van der Waals surface area contributed by atoms with Crippen molar-refractivity contribution in [2.24, 2.45) is 5.92 Å². The molecule has 0 amide bonds. The molecule has 0 spiro atoms. The second-order valence-corrected chi connectivity index (χ2v) is 8.61. The van der Waals surface area contributed by atoms with E-state index >= 15 is 0 Å². The van der Waals surface area contributed by atoms with Gasteiger partial charge in [0.25, 0.3) is 0 Å². The van der Waals surface area contributed by atoms with Crippen molar-refractivity contribution < 1.29 is 23.5 Å². The summed E-state index contributed by atoms with van der Waals surface area (Å²) in [5.41, 5.74) is -1.25. The van der Waals surface area contributed by atoms with Gasteiger partial charge in [0, 0.05) is 11.8 Å². The van der Waals surface area contributed by atoms with Crippen molar-refractivity contribution in [2.75, 3.05) is 5.75 Å². The van der Waals surface area contributed by atoms with Gasteiger partial charge in [0.05, 0.1) is 16.6 Å². The van der Waals surface area contributed by atoms with E-state index in [2.05, 4.69) is 0 Å². The highest BCUT2D eigenvalue weighted by molar-refractivity contribution is 7.85. The summed E-state index contributed by atoms with van der Waals surface area (Å²) in [6.07, 6.45) is 2.04. The van der Waals surface area contributed by atoms with Crippen molar-refractivity contribution in [3.8, 4) is 0 Å². The van der Waals surface area contributed by atoms with Crippen molar-refractivity contribution in [2.45, 2.75) is 62.2 Å². The Morgan fingerprint density at radius 1 is 1.33 bits per heavy atom. The molecule has 5 atom stereocenters. The largest absolute Gasteiger partial charge is 0.457 e. The van der Waals surface area contributed by atoms with E-state index in [1.807, 2.05) is 44.2 Å². The second kappa shape index (κ2) is 6.58. The van der Waals surface area contributed by atoms with Gasteiger partial charge in [-0.2, -0.15) is 0 Å².